The Balaban J connectivity index is 1.29. The smallest absolute Gasteiger partial charge is 0.128 e. The summed E-state index contributed by atoms with van der Waals surface area (Å²) in [4.78, 5) is 7.04. The predicted molar refractivity (Wildman–Crippen MR) is 128 cm³/mol. The molecular formula is C26H34N4. The minimum absolute atomic E-state index is 0.515. The molecular weight excluding hydrogens is 368 g/mol. The molecule has 1 saturated carbocycles. The summed E-state index contributed by atoms with van der Waals surface area (Å²) in [6.07, 6.45) is 4.96. The maximum Gasteiger partial charge on any atom is 0.128 e. The van der Waals surface area contributed by atoms with Gasteiger partial charge in [-0.3, -0.25) is 0 Å². The quantitative estimate of drug-likeness (QED) is 0.557. The van der Waals surface area contributed by atoms with Crippen LogP contribution in [0.3, 0.4) is 0 Å². The van der Waals surface area contributed by atoms with Crippen molar-refractivity contribution in [2.45, 2.75) is 45.2 Å². The van der Waals surface area contributed by atoms with Gasteiger partial charge >= 0.3 is 0 Å². The highest BCUT2D eigenvalue weighted by Crippen LogP contribution is 2.30. The van der Waals surface area contributed by atoms with E-state index in [1.54, 1.807) is 0 Å². The first-order valence-electron chi connectivity index (χ1n) is 11.2. The Labute approximate surface area is 180 Å². The van der Waals surface area contributed by atoms with Crippen molar-refractivity contribution in [1.82, 2.24) is 10.3 Å². The summed E-state index contributed by atoms with van der Waals surface area (Å²) in [5.74, 6) is 1.77. The maximum absolute atomic E-state index is 4.87. The van der Waals surface area contributed by atoms with Crippen molar-refractivity contribution >= 4 is 22.4 Å². The van der Waals surface area contributed by atoms with Gasteiger partial charge in [-0.1, -0.05) is 48.0 Å². The Kier molecular flexibility index (Phi) is 6.53. The summed E-state index contributed by atoms with van der Waals surface area (Å²) in [7, 11) is 4.20. The minimum atomic E-state index is 0.515. The van der Waals surface area contributed by atoms with Crippen molar-refractivity contribution in [3.8, 4) is 0 Å². The van der Waals surface area contributed by atoms with Crippen molar-refractivity contribution in [1.29, 1.82) is 0 Å². The van der Waals surface area contributed by atoms with Gasteiger partial charge in [0, 0.05) is 43.8 Å². The van der Waals surface area contributed by atoms with Crippen LogP contribution in [0.15, 0.2) is 54.6 Å². The van der Waals surface area contributed by atoms with Crippen LogP contribution < -0.4 is 15.5 Å². The molecule has 0 saturated heterocycles. The molecule has 2 N–H and O–H groups in total. The number of fused-ring (bicyclic) bond motifs is 1. The van der Waals surface area contributed by atoms with Gasteiger partial charge in [-0.2, -0.15) is 0 Å². The van der Waals surface area contributed by atoms with E-state index in [4.69, 9.17) is 4.98 Å². The summed E-state index contributed by atoms with van der Waals surface area (Å²) in [6.45, 7) is 4.23. The van der Waals surface area contributed by atoms with Crippen molar-refractivity contribution in [3.63, 3.8) is 0 Å². The van der Waals surface area contributed by atoms with Gasteiger partial charge in [0.15, 0.2) is 0 Å². The summed E-state index contributed by atoms with van der Waals surface area (Å²) >= 11 is 0. The zero-order valence-corrected chi connectivity index (χ0v) is 18.5. The molecule has 2 aromatic carbocycles. The topological polar surface area (TPSA) is 40.2 Å². The summed E-state index contributed by atoms with van der Waals surface area (Å²) in [5, 5.41) is 8.59. The largest absolute Gasteiger partial charge is 0.377 e. The van der Waals surface area contributed by atoms with Gasteiger partial charge in [0.1, 0.15) is 5.82 Å². The van der Waals surface area contributed by atoms with Crippen LogP contribution in [0.5, 0.6) is 0 Å². The van der Waals surface area contributed by atoms with E-state index in [1.165, 1.54) is 47.9 Å². The van der Waals surface area contributed by atoms with E-state index >= 15 is 0 Å². The molecule has 1 fully saturated rings. The number of aromatic nitrogens is 1. The molecule has 1 aliphatic rings. The second-order valence-electron chi connectivity index (χ2n) is 8.92. The van der Waals surface area contributed by atoms with Crippen LogP contribution in [-0.4, -0.2) is 31.7 Å². The highest BCUT2D eigenvalue weighted by molar-refractivity contribution is 5.93. The van der Waals surface area contributed by atoms with Crippen LogP contribution >= 0.6 is 0 Å². The van der Waals surface area contributed by atoms with Gasteiger partial charge in [-0.05, 0) is 56.7 Å². The van der Waals surface area contributed by atoms with Crippen molar-refractivity contribution in [2.24, 2.45) is 5.92 Å². The van der Waals surface area contributed by atoms with Gasteiger partial charge < -0.3 is 15.5 Å². The Morgan fingerprint density at radius 2 is 1.77 bits per heavy atom. The first-order chi connectivity index (χ1) is 14.6. The van der Waals surface area contributed by atoms with Crippen LogP contribution in [0.2, 0.25) is 0 Å². The highest BCUT2D eigenvalue weighted by Gasteiger charge is 2.21. The van der Waals surface area contributed by atoms with E-state index in [-0.39, 0.29) is 0 Å². The lowest BCUT2D eigenvalue weighted by atomic mass is 9.86. The predicted octanol–water partition coefficient (Wildman–Crippen LogP) is 5.37. The maximum atomic E-state index is 4.87. The number of hydrogen-bond donors (Lipinski definition) is 2. The number of aryl methyl sites for hydroxylation is 1. The fourth-order valence-electron chi connectivity index (χ4n) is 4.56. The molecule has 0 amide bonds. The van der Waals surface area contributed by atoms with E-state index < -0.39 is 0 Å². The second-order valence-corrected chi connectivity index (χ2v) is 8.92. The number of nitrogens with zero attached hydrogens (tertiary/aromatic N) is 2. The van der Waals surface area contributed by atoms with Gasteiger partial charge in [0.05, 0.1) is 5.52 Å². The van der Waals surface area contributed by atoms with Gasteiger partial charge in [-0.25, -0.2) is 4.98 Å². The second kappa shape index (κ2) is 9.48. The average molecular weight is 403 g/mol. The van der Waals surface area contributed by atoms with Crippen molar-refractivity contribution in [2.75, 3.05) is 30.9 Å². The molecule has 1 aliphatic carbocycles. The fourth-order valence-corrected chi connectivity index (χ4v) is 4.56. The molecule has 4 nitrogen and oxygen atoms in total. The monoisotopic (exact) mass is 402 g/mol. The third kappa shape index (κ3) is 5.11. The minimum Gasteiger partial charge on any atom is -0.377 e. The lowest BCUT2D eigenvalue weighted by Gasteiger charge is -2.30. The van der Waals surface area contributed by atoms with Crippen LogP contribution in [0.25, 0.3) is 10.9 Å². The number of rotatable bonds is 7. The van der Waals surface area contributed by atoms with Crippen LogP contribution in [0.1, 0.15) is 36.8 Å². The number of benzene rings is 2. The Morgan fingerprint density at radius 1 is 0.967 bits per heavy atom. The number of nitrogens with one attached hydrogen (secondary N) is 2. The first kappa shape index (κ1) is 20.7. The average Bonchev–Trinajstić information content (AvgIpc) is 2.74. The van der Waals surface area contributed by atoms with E-state index in [0.717, 1.165) is 30.3 Å². The molecule has 0 bridgehead atoms. The van der Waals surface area contributed by atoms with E-state index in [1.807, 2.05) is 0 Å². The molecule has 0 spiro atoms. The number of hydrogen-bond acceptors (Lipinski definition) is 4. The molecule has 1 heterocycles. The summed E-state index contributed by atoms with van der Waals surface area (Å²) in [6, 6.07) is 19.9. The standard InChI is InChI=1S/C26H34N4/c1-19-7-6-8-21(15-19)18-27-17-20-11-13-22(14-12-20)28-26-16-25(30(2)3)23-9-4-5-10-24(23)29-26/h4-10,15-16,20,22,27H,11-14,17-18H2,1-3H3,(H,28,29)/t20-,22+. The summed E-state index contributed by atoms with van der Waals surface area (Å²) in [5.41, 5.74) is 4.99. The van der Waals surface area contributed by atoms with Gasteiger partial charge in [0.25, 0.3) is 0 Å². The number of para-hydroxylation sites is 1. The molecule has 0 atom stereocenters. The molecule has 0 unspecified atom stereocenters. The Hall–Kier alpha value is -2.59. The van der Waals surface area contributed by atoms with E-state index in [9.17, 15) is 0 Å². The molecule has 158 valence electrons. The number of pyridine rings is 1. The SMILES string of the molecule is Cc1cccc(CNC[C@H]2CC[C@@H](Nc3cc(N(C)C)c4ccccc4n3)CC2)c1. The molecule has 4 rings (SSSR count). The fraction of sp³-hybridized carbons (Fsp3) is 0.423. The van der Waals surface area contributed by atoms with Gasteiger partial charge in [-0.15, -0.1) is 0 Å². The normalized spacial score (nSPS) is 19.0. The Bertz CT molecular complexity index is 974. The molecule has 30 heavy (non-hydrogen) atoms. The van der Waals surface area contributed by atoms with Crippen molar-refractivity contribution in [3.05, 3.63) is 65.7 Å². The molecule has 1 aromatic heterocycles. The third-order valence-corrected chi connectivity index (χ3v) is 6.22. The van der Waals surface area contributed by atoms with E-state index in [2.05, 4.69) is 91.1 Å². The Morgan fingerprint density at radius 3 is 2.53 bits per heavy atom. The third-order valence-electron chi connectivity index (χ3n) is 6.22. The zero-order chi connectivity index (χ0) is 20.9. The molecule has 0 aliphatic heterocycles. The van der Waals surface area contributed by atoms with E-state index in [0.29, 0.717) is 6.04 Å². The lowest BCUT2D eigenvalue weighted by molar-refractivity contribution is 0.324. The van der Waals surface area contributed by atoms with Crippen LogP contribution in [0, 0.1) is 12.8 Å². The molecule has 4 heteroatoms. The lowest BCUT2D eigenvalue weighted by Crippen LogP contribution is -2.31. The molecule has 0 radical (unpaired) electrons. The van der Waals surface area contributed by atoms with Gasteiger partial charge in [0.2, 0.25) is 0 Å². The first-order valence-corrected chi connectivity index (χ1v) is 11.2. The number of anilines is 2. The zero-order valence-electron chi connectivity index (χ0n) is 18.5. The molecule has 3 aromatic rings. The highest BCUT2D eigenvalue weighted by atomic mass is 15.1. The van der Waals surface area contributed by atoms with Crippen LogP contribution in [-0.2, 0) is 6.54 Å². The summed E-state index contributed by atoms with van der Waals surface area (Å²) < 4.78 is 0. The van der Waals surface area contributed by atoms with Crippen molar-refractivity contribution < 1.29 is 0 Å². The van der Waals surface area contributed by atoms with Crippen LogP contribution in [0.4, 0.5) is 11.5 Å².